The highest BCUT2D eigenvalue weighted by atomic mass is 16.6. The van der Waals surface area contributed by atoms with Crippen LogP contribution in [0.4, 0.5) is 0 Å². The molecule has 0 aliphatic rings. The lowest BCUT2D eigenvalue weighted by Gasteiger charge is -2.19. The van der Waals surface area contributed by atoms with Crippen molar-refractivity contribution in [3.05, 3.63) is 55.8 Å². The van der Waals surface area contributed by atoms with E-state index in [0.29, 0.717) is 0 Å². The fourth-order valence-electron chi connectivity index (χ4n) is 4.89. The van der Waals surface area contributed by atoms with E-state index < -0.39 is 172 Å². The Hall–Kier alpha value is -7.00. The lowest BCUT2D eigenvalue weighted by Crippen LogP contribution is -2.57. The van der Waals surface area contributed by atoms with E-state index in [2.05, 4.69) is 13.2 Å². The van der Waals surface area contributed by atoms with Gasteiger partial charge in [-0.3, -0.25) is 33.6 Å². The van der Waals surface area contributed by atoms with Gasteiger partial charge >= 0.3 is 70.8 Å². The first-order valence-corrected chi connectivity index (χ1v) is 21.5. The van der Waals surface area contributed by atoms with Gasteiger partial charge in [0.05, 0.1) is 63.6 Å². The number of carbonyl (C=O) groups is 9. The van der Waals surface area contributed by atoms with E-state index in [0.717, 1.165) is 0 Å². The van der Waals surface area contributed by atoms with Gasteiger partial charge in [0.1, 0.15) is 77.8 Å². The van der Waals surface area contributed by atoms with Crippen molar-refractivity contribution >= 4 is 53.7 Å². The van der Waals surface area contributed by atoms with Gasteiger partial charge in [-0.25, -0.2) is 37.7 Å². The molecule has 27 nitrogen and oxygen atoms in total. The van der Waals surface area contributed by atoms with Crippen molar-refractivity contribution < 1.29 is 101 Å². The largest absolute Gasteiger partial charge is 0.463 e. The molecule has 0 radical (unpaired) electrons. The summed E-state index contributed by atoms with van der Waals surface area (Å²) in [6, 6.07) is 0. The smallest absolute Gasteiger partial charge is 0.336 e. The van der Waals surface area contributed by atoms with Crippen LogP contribution in [-0.2, 0) is 105 Å². The van der Waals surface area contributed by atoms with Gasteiger partial charge in [-0.2, -0.15) is 0 Å². The molecule has 0 saturated heterocycles. The number of hydrogen-bond acceptors (Lipinski definition) is 24. The summed E-state index contributed by atoms with van der Waals surface area (Å²) < 4.78 is 44.7. The van der Waals surface area contributed by atoms with E-state index in [4.69, 9.17) is 42.6 Å². The first kappa shape index (κ1) is 61.0. The quantitative estimate of drug-likeness (QED) is 0.0295. The van der Waals surface area contributed by atoms with Gasteiger partial charge in [0.2, 0.25) is 0 Å². The second-order valence-electron chi connectivity index (χ2n) is 16.1. The zero-order valence-electron chi connectivity index (χ0n) is 39.6. The maximum Gasteiger partial charge on any atom is 0.336 e. The van der Waals surface area contributed by atoms with Crippen LogP contribution in [0, 0.1) is 5.41 Å². The molecule has 0 aromatic carbocycles. The zero-order chi connectivity index (χ0) is 53.1. The summed E-state index contributed by atoms with van der Waals surface area (Å²) in [4.78, 5) is 148. The van der Waals surface area contributed by atoms with Crippen LogP contribution in [0.2, 0.25) is 0 Å². The summed E-state index contributed by atoms with van der Waals surface area (Å²) in [5.41, 5.74) is -4.83. The third kappa shape index (κ3) is 24.9. The molecule has 392 valence electrons. The van der Waals surface area contributed by atoms with E-state index in [1.54, 1.807) is 20.8 Å². The van der Waals surface area contributed by atoms with Gasteiger partial charge in [0, 0.05) is 11.1 Å². The molecule has 1 aromatic heterocycles. The van der Waals surface area contributed by atoms with Gasteiger partial charge in [-0.15, -0.1) is 0 Å². The van der Waals surface area contributed by atoms with Gasteiger partial charge in [0.15, 0.2) is 0 Å². The molecule has 0 saturated carbocycles. The topological polar surface area (TPSA) is 363 Å². The molecule has 0 fully saturated rings. The van der Waals surface area contributed by atoms with Crippen LogP contribution in [0.5, 0.6) is 0 Å². The predicted octanol–water partition coefficient (Wildman–Crippen LogP) is -2.32. The van der Waals surface area contributed by atoms with Crippen molar-refractivity contribution in [2.45, 2.75) is 111 Å². The average molecular weight is 1000 g/mol. The number of aliphatic hydroxyl groups is 3. The summed E-state index contributed by atoms with van der Waals surface area (Å²) in [5, 5.41) is 32.0. The number of aromatic nitrogens is 3. The van der Waals surface area contributed by atoms with Crippen LogP contribution >= 0.6 is 0 Å². The Morgan fingerprint density at radius 2 is 0.657 bits per heavy atom. The van der Waals surface area contributed by atoms with Gasteiger partial charge in [0.25, 0.3) is 0 Å². The van der Waals surface area contributed by atoms with E-state index in [1.807, 2.05) is 0 Å². The molecular formula is C43H61N3O24. The summed E-state index contributed by atoms with van der Waals surface area (Å²) in [6.45, 7) is 7.33. The molecule has 1 aromatic rings. The Balaban J connectivity index is 3.03. The second-order valence-corrected chi connectivity index (χ2v) is 16.1. The van der Waals surface area contributed by atoms with Gasteiger partial charge < -0.3 is 58.0 Å². The summed E-state index contributed by atoms with van der Waals surface area (Å²) in [5.74, 6) is -7.57. The molecule has 70 heavy (non-hydrogen) atoms. The molecule has 1 heterocycles. The Bertz CT molecular complexity index is 2100. The molecule has 0 aliphatic carbocycles. The minimum absolute atomic E-state index is 0.125. The van der Waals surface area contributed by atoms with E-state index in [9.17, 15) is 72.9 Å². The van der Waals surface area contributed by atoms with Crippen LogP contribution in [0.25, 0.3) is 0 Å². The van der Waals surface area contributed by atoms with Crippen molar-refractivity contribution in [3.63, 3.8) is 0 Å². The number of nitrogens with zero attached hydrogens (tertiary/aromatic N) is 3. The second kappa shape index (κ2) is 31.2. The number of hydrogen-bond donors (Lipinski definition) is 3. The summed E-state index contributed by atoms with van der Waals surface area (Å²) in [6.07, 6.45) is -8.55. The molecule has 0 aliphatic heterocycles. The minimum atomic E-state index is -1.83. The third-order valence-corrected chi connectivity index (χ3v) is 8.52. The van der Waals surface area contributed by atoms with Crippen LogP contribution in [-0.4, -0.2) is 161 Å². The van der Waals surface area contributed by atoms with Crippen LogP contribution < -0.4 is 17.1 Å². The van der Waals surface area contributed by atoms with Gasteiger partial charge in [-0.05, 0) is 34.6 Å². The fraction of sp³-hybridized carbons (Fsp3) is 0.628. The first-order valence-electron chi connectivity index (χ1n) is 21.5. The number of esters is 9. The highest BCUT2D eigenvalue weighted by molar-refractivity contribution is 5.87. The van der Waals surface area contributed by atoms with E-state index in [-0.39, 0.29) is 64.5 Å². The summed E-state index contributed by atoms with van der Waals surface area (Å²) >= 11 is 0. The SMILES string of the molecule is C=C(C)C(=O)OCCOC(=O)CCC(=O)OCC(O)Cn1c(=O)n(CC(O)COC(=O)CCC(=O)OCCOC(=O)C(=C)C)c(=O)n(CC(O)COC(=O)CCC(=O)OCCOC(=O)C(C)(C)C)c1=O. The maximum absolute atomic E-state index is 13.5. The predicted molar refractivity (Wildman–Crippen MR) is 233 cm³/mol. The minimum Gasteiger partial charge on any atom is -0.463 e. The van der Waals surface area contributed by atoms with Crippen molar-refractivity contribution in [2.24, 2.45) is 5.41 Å². The molecule has 3 unspecified atom stereocenters. The van der Waals surface area contributed by atoms with Crippen molar-refractivity contribution in [2.75, 3.05) is 59.5 Å². The molecule has 0 bridgehead atoms. The number of aliphatic hydroxyl groups excluding tert-OH is 3. The molecule has 0 amide bonds. The van der Waals surface area contributed by atoms with E-state index >= 15 is 0 Å². The molecule has 0 spiro atoms. The van der Waals surface area contributed by atoms with Crippen molar-refractivity contribution in [1.29, 1.82) is 0 Å². The molecule has 3 atom stereocenters. The Morgan fingerprint density at radius 3 is 0.900 bits per heavy atom. The lowest BCUT2D eigenvalue weighted by molar-refractivity contribution is -0.159. The van der Waals surface area contributed by atoms with Crippen LogP contribution in [0.3, 0.4) is 0 Å². The zero-order valence-corrected chi connectivity index (χ0v) is 39.6. The van der Waals surface area contributed by atoms with Crippen molar-refractivity contribution in [3.8, 4) is 0 Å². The Morgan fingerprint density at radius 1 is 0.429 bits per heavy atom. The molecule has 1 rings (SSSR count). The highest BCUT2D eigenvalue weighted by Crippen LogP contribution is 2.15. The lowest BCUT2D eigenvalue weighted by atomic mass is 9.97. The highest BCUT2D eigenvalue weighted by Gasteiger charge is 2.25. The monoisotopic (exact) mass is 1000 g/mol. The Labute approximate surface area is 399 Å². The molecular weight excluding hydrogens is 942 g/mol. The van der Waals surface area contributed by atoms with Crippen molar-refractivity contribution in [1.82, 2.24) is 13.7 Å². The van der Waals surface area contributed by atoms with Crippen LogP contribution in [0.15, 0.2) is 38.7 Å². The number of rotatable bonds is 32. The average Bonchev–Trinajstić information content (AvgIpc) is 3.29. The summed E-state index contributed by atoms with van der Waals surface area (Å²) in [7, 11) is 0. The standard InChI is InChI=1S/C43H61N3O24/c1-26(2)37(56)65-17-14-62-31(50)8-11-34(53)68-23-28(47)20-44-40(59)45(21-29(48)24-69-35(54)12-9-32(51)63-15-18-66-38(57)27(3)4)42(61)46(41(44)60)22-30(49)25-70-36(55)13-10-33(52)64-16-19-67-39(58)43(5,6)7/h28-30,47-49H,1,3,8-25H2,2,4-7H3. The Kier molecular flexibility index (Phi) is 27.2. The number of carbonyl (C=O) groups excluding carboxylic acids is 9. The normalized spacial score (nSPS) is 12.2. The van der Waals surface area contributed by atoms with E-state index in [1.165, 1.54) is 13.8 Å². The maximum atomic E-state index is 13.5. The third-order valence-electron chi connectivity index (χ3n) is 8.52. The number of ether oxygens (including phenoxy) is 9. The molecule has 27 heteroatoms. The van der Waals surface area contributed by atoms with Gasteiger partial charge in [-0.1, -0.05) is 13.2 Å². The molecule has 3 N–H and O–H groups in total. The first-order chi connectivity index (χ1) is 32.7. The fourth-order valence-corrected chi connectivity index (χ4v) is 4.89. The van der Waals surface area contributed by atoms with Crippen LogP contribution in [0.1, 0.15) is 73.1 Å².